The van der Waals surface area contributed by atoms with Crippen molar-refractivity contribution in [3.8, 4) is 0 Å². The molecule has 0 fully saturated rings. The third-order valence-corrected chi connectivity index (χ3v) is 3.25. The zero-order valence-corrected chi connectivity index (χ0v) is 9.55. The number of carbonyl (C=O) groups is 1. The predicted octanol–water partition coefficient (Wildman–Crippen LogP) is 3.09. The molecule has 1 aromatic carbocycles. The van der Waals surface area contributed by atoms with Gasteiger partial charge in [0.25, 0.3) is 0 Å². The summed E-state index contributed by atoms with van der Waals surface area (Å²) in [7, 11) is 0. The summed E-state index contributed by atoms with van der Waals surface area (Å²) in [5.74, 6) is -1.72. The van der Waals surface area contributed by atoms with Gasteiger partial charge in [-0.3, -0.25) is 4.79 Å². The Balaban J connectivity index is 2.55. The molecular weight excluding hydrogens is 263 g/mol. The monoisotopic (exact) mass is 272 g/mol. The molecule has 4 heteroatoms. The Morgan fingerprint density at radius 1 is 1.53 bits per heavy atom. The van der Waals surface area contributed by atoms with Gasteiger partial charge >= 0.3 is 5.97 Å². The van der Waals surface area contributed by atoms with Gasteiger partial charge in [0.05, 0.1) is 5.92 Å². The Labute approximate surface area is 95.2 Å². The Hall–Kier alpha value is -0.900. The van der Waals surface area contributed by atoms with Gasteiger partial charge in [-0.15, -0.1) is 0 Å². The maximum Gasteiger partial charge on any atom is 0.310 e. The Morgan fingerprint density at radius 3 is 2.93 bits per heavy atom. The molecule has 1 aliphatic rings. The third-order valence-electron chi connectivity index (χ3n) is 2.79. The second-order valence-corrected chi connectivity index (χ2v) is 4.65. The van der Waals surface area contributed by atoms with Crippen LogP contribution in [0, 0.1) is 5.82 Å². The highest BCUT2D eigenvalue weighted by Crippen LogP contribution is 2.35. The molecule has 1 N–H and O–H groups in total. The second-order valence-electron chi connectivity index (χ2n) is 3.74. The van der Waals surface area contributed by atoms with E-state index in [0.717, 1.165) is 6.42 Å². The highest BCUT2D eigenvalue weighted by molar-refractivity contribution is 9.10. The topological polar surface area (TPSA) is 37.3 Å². The van der Waals surface area contributed by atoms with E-state index in [2.05, 4.69) is 15.9 Å². The Kier molecular flexibility index (Phi) is 2.78. The molecule has 0 heterocycles. The average molecular weight is 273 g/mol. The van der Waals surface area contributed by atoms with Gasteiger partial charge in [-0.2, -0.15) is 0 Å². The minimum atomic E-state index is -0.867. The van der Waals surface area contributed by atoms with Crippen molar-refractivity contribution in [3.63, 3.8) is 0 Å². The summed E-state index contributed by atoms with van der Waals surface area (Å²) in [5, 5.41) is 9.03. The van der Waals surface area contributed by atoms with Crippen molar-refractivity contribution in [1.82, 2.24) is 0 Å². The minimum Gasteiger partial charge on any atom is -0.481 e. The van der Waals surface area contributed by atoms with Crippen LogP contribution in [0.4, 0.5) is 4.39 Å². The summed E-state index contributed by atoms with van der Waals surface area (Å²) >= 11 is 3.18. The molecule has 0 saturated carbocycles. The highest BCUT2D eigenvalue weighted by atomic mass is 79.9. The van der Waals surface area contributed by atoms with Gasteiger partial charge in [0, 0.05) is 4.47 Å². The van der Waals surface area contributed by atoms with E-state index in [9.17, 15) is 9.18 Å². The second kappa shape index (κ2) is 3.93. The fourth-order valence-electron chi connectivity index (χ4n) is 2.09. The molecule has 1 aromatic rings. The van der Waals surface area contributed by atoms with Gasteiger partial charge in [-0.25, -0.2) is 4.39 Å². The Morgan fingerprint density at radius 2 is 2.27 bits per heavy atom. The first-order valence-corrected chi connectivity index (χ1v) is 5.59. The van der Waals surface area contributed by atoms with Crippen molar-refractivity contribution in [1.29, 1.82) is 0 Å². The number of aliphatic carboxylic acids is 1. The summed E-state index contributed by atoms with van der Waals surface area (Å²) < 4.78 is 14.1. The van der Waals surface area contributed by atoms with Crippen LogP contribution in [0.25, 0.3) is 0 Å². The predicted molar refractivity (Wildman–Crippen MR) is 57.4 cm³/mol. The van der Waals surface area contributed by atoms with Gasteiger partial charge < -0.3 is 5.11 Å². The fraction of sp³-hybridized carbons (Fsp3) is 0.364. The lowest BCUT2D eigenvalue weighted by Gasteiger charge is -2.22. The summed E-state index contributed by atoms with van der Waals surface area (Å²) in [6, 6.07) is 3.11. The van der Waals surface area contributed by atoms with Crippen LogP contribution in [-0.2, 0) is 11.2 Å². The van der Waals surface area contributed by atoms with Crippen LogP contribution in [0.5, 0.6) is 0 Å². The number of fused-ring (bicyclic) bond motifs is 1. The molecule has 2 rings (SSSR count). The van der Waals surface area contributed by atoms with E-state index >= 15 is 0 Å². The molecule has 0 spiro atoms. The van der Waals surface area contributed by atoms with Gasteiger partial charge in [-0.1, -0.05) is 15.9 Å². The number of hydrogen-bond donors (Lipinski definition) is 1. The van der Waals surface area contributed by atoms with Crippen LogP contribution in [0.3, 0.4) is 0 Å². The van der Waals surface area contributed by atoms with Gasteiger partial charge in [0.15, 0.2) is 0 Å². The van der Waals surface area contributed by atoms with Crippen molar-refractivity contribution in [3.05, 3.63) is 33.5 Å². The van der Waals surface area contributed by atoms with Crippen molar-refractivity contribution < 1.29 is 14.3 Å². The van der Waals surface area contributed by atoms with Crippen molar-refractivity contribution in [2.75, 3.05) is 0 Å². The van der Waals surface area contributed by atoms with Crippen molar-refractivity contribution in [2.24, 2.45) is 0 Å². The average Bonchev–Trinajstić information content (AvgIpc) is 2.16. The zero-order valence-electron chi connectivity index (χ0n) is 7.96. The van der Waals surface area contributed by atoms with E-state index in [1.165, 1.54) is 6.07 Å². The molecule has 15 heavy (non-hydrogen) atoms. The smallest absolute Gasteiger partial charge is 0.310 e. The normalized spacial score (nSPS) is 19.7. The first kappa shape index (κ1) is 10.6. The lowest BCUT2D eigenvalue weighted by molar-refractivity contribution is -0.139. The maximum atomic E-state index is 13.5. The van der Waals surface area contributed by atoms with E-state index in [1.807, 2.05) is 0 Å². The lowest BCUT2D eigenvalue weighted by Crippen LogP contribution is -2.19. The van der Waals surface area contributed by atoms with Gasteiger partial charge in [0.2, 0.25) is 0 Å². The molecule has 0 saturated heterocycles. The number of benzene rings is 1. The van der Waals surface area contributed by atoms with E-state index in [0.29, 0.717) is 28.4 Å². The molecule has 1 aliphatic carbocycles. The maximum absolute atomic E-state index is 13.5. The van der Waals surface area contributed by atoms with E-state index in [-0.39, 0.29) is 5.82 Å². The van der Waals surface area contributed by atoms with Crippen molar-refractivity contribution >= 4 is 21.9 Å². The first-order chi connectivity index (χ1) is 7.09. The van der Waals surface area contributed by atoms with Gasteiger partial charge in [-0.05, 0) is 42.5 Å². The third kappa shape index (κ3) is 1.91. The number of hydrogen-bond acceptors (Lipinski definition) is 1. The first-order valence-electron chi connectivity index (χ1n) is 4.80. The summed E-state index contributed by atoms with van der Waals surface area (Å²) in [6.45, 7) is 0. The highest BCUT2D eigenvalue weighted by Gasteiger charge is 2.28. The zero-order chi connectivity index (χ0) is 11.0. The van der Waals surface area contributed by atoms with E-state index < -0.39 is 11.9 Å². The minimum absolute atomic E-state index is 0.301. The number of rotatable bonds is 1. The SMILES string of the molecule is O=C(O)C1CCCc2c(F)cc(Br)cc21. The molecule has 1 unspecified atom stereocenters. The molecule has 1 atom stereocenters. The standard InChI is InChI=1S/C11H10BrFO2/c12-6-4-9-7(10(13)5-6)2-1-3-8(9)11(14)15/h4-5,8H,1-3H2,(H,14,15). The number of halogens is 2. The van der Waals surface area contributed by atoms with Gasteiger partial charge in [0.1, 0.15) is 5.82 Å². The summed E-state index contributed by atoms with van der Waals surface area (Å²) in [4.78, 5) is 11.0. The molecule has 80 valence electrons. The van der Waals surface area contributed by atoms with Crippen LogP contribution in [0.15, 0.2) is 16.6 Å². The molecule has 0 amide bonds. The molecule has 0 aliphatic heterocycles. The van der Waals surface area contributed by atoms with E-state index in [1.54, 1.807) is 6.07 Å². The number of carboxylic acids is 1. The van der Waals surface area contributed by atoms with Crippen molar-refractivity contribution in [2.45, 2.75) is 25.2 Å². The van der Waals surface area contributed by atoms with Crippen LogP contribution in [0.2, 0.25) is 0 Å². The molecule has 0 radical (unpaired) electrons. The fourth-order valence-corrected chi connectivity index (χ4v) is 2.54. The summed E-state index contributed by atoms with van der Waals surface area (Å²) in [6.07, 6.45) is 1.97. The quantitative estimate of drug-likeness (QED) is 0.853. The molecular formula is C11H10BrFO2. The lowest BCUT2D eigenvalue weighted by atomic mass is 9.83. The van der Waals surface area contributed by atoms with Crippen LogP contribution in [0.1, 0.15) is 29.9 Å². The molecule has 0 aromatic heterocycles. The summed E-state index contributed by atoms with van der Waals surface area (Å²) in [5.41, 5.74) is 1.19. The largest absolute Gasteiger partial charge is 0.481 e. The Bertz CT molecular complexity index is 417. The molecule has 2 nitrogen and oxygen atoms in total. The number of carboxylic acid groups (broad SMARTS) is 1. The van der Waals surface area contributed by atoms with Crippen LogP contribution >= 0.6 is 15.9 Å². The van der Waals surface area contributed by atoms with Crippen LogP contribution < -0.4 is 0 Å². The van der Waals surface area contributed by atoms with Crippen LogP contribution in [-0.4, -0.2) is 11.1 Å². The molecule has 0 bridgehead atoms. The van der Waals surface area contributed by atoms with E-state index in [4.69, 9.17) is 5.11 Å².